The van der Waals surface area contributed by atoms with Gasteiger partial charge in [-0.3, -0.25) is 4.79 Å². The molecule has 1 aromatic carbocycles. The van der Waals surface area contributed by atoms with Crippen molar-refractivity contribution in [3.05, 3.63) is 24.3 Å². The second-order valence-electron chi connectivity index (χ2n) is 5.34. The number of ether oxygens (including phenoxy) is 2. The van der Waals surface area contributed by atoms with Crippen LogP contribution in [0.5, 0.6) is 5.75 Å². The number of nitrogens with two attached hydrogens (primary N) is 1. The molecule has 0 spiro atoms. The number of nitrogens with one attached hydrogen (secondary N) is 1. The monoisotopic (exact) mass is 294 g/mol. The van der Waals surface area contributed by atoms with Crippen molar-refractivity contribution in [2.24, 2.45) is 5.92 Å². The molecule has 5 nitrogen and oxygen atoms in total. The Hall–Kier alpha value is -1.75. The van der Waals surface area contributed by atoms with Crippen LogP contribution < -0.4 is 15.8 Å². The van der Waals surface area contributed by atoms with Crippen molar-refractivity contribution in [3.8, 4) is 5.75 Å². The molecule has 0 aliphatic carbocycles. The Bertz CT molecular complexity index is 422. The quantitative estimate of drug-likeness (QED) is 0.512. The van der Waals surface area contributed by atoms with Crippen LogP contribution in [0.4, 0.5) is 5.69 Å². The smallest absolute Gasteiger partial charge is 0.223 e. The Morgan fingerprint density at radius 3 is 2.86 bits per heavy atom. The summed E-state index contributed by atoms with van der Waals surface area (Å²) in [5.74, 6) is 1.22. The van der Waals surface area contributed by atoms with Gasteiger partial charge in [-0.2, -0.15) is 0 Å². The van der Waals surface area contributed by atoms with E-state index in [0.717, 1.165) is 13.0 Å². The van der Waals surface area contributed by atoms with Crippen LogP contribution in [0.15, 0.2) is 24.3 Å². The Kier molecular flexibility index (Phi) is 8.28. The average molecular weight is 294 g/mol. The molecule has 0 bridgehead atoms. The third kappa shape index (κ3) is 8.92. The lowest BCUT2D eigenvalue weighted by atomic mass is 10.2. The molecule has 0 saturated heterocycles. The first-order valence-electron chi connectivity index (χ1n) is 7.40. The summed E-state index contributed by atoms with van der Waals surface area (Å²) < 4.78 is 10.9. The molecule has 0 fully saturated rings. The van der Waals surface area contributed by atoms with E-state index in [9.17, 15) is 4.79 Å². The molecule has 0 aliphatic rings. The lowest BCUT2D eigenvalue weighted by Crippen LogP contribution is -2.26. The maximum atomic E-state index is 11.6. The molecule has 0 atom stereocenters. The summed E-state index contributed by atoms with van der Waals surface area (Å²) >= 11 is 0. The fraction of sp³-hybridized carbons (Fsp3) is 0.562. The Morgan fingerprint density at radius 2 is 2.14 bits per heavy atom. The summed E-state index contributed by atoms with van der Waals surface area (Å²) in [6, 6.07) is 7.17. The average Bonchev–Trinajstić information content (AvgIpc) is 2.42. The molecule has 0 aliphatic heterocycles. The molecule has 0 unspecified atom stereocenters. The van der Waals surface area contributed by atoms with Crippen LogP contribution in [0.3, 0.4) is 0 Å². The van der Waals surface area contributed by atoms with E-state index in [0.29, 0.717) is 43.5 Å². The van der Waals surface area contributed by atoms with Gasteiger partial charge < -0.3 is 20.5 Å². The third-order valence-corrected chi connectivity index (χ3v) is 2.69. The highest BCUT2D eigenvalue weighted by atomic mass is 16.5. The Balaban J connectivity index is 2.01. The first-order valence-corrected chi connectivity index (χ1v) is 7.40. The predicted molar refractivity (Wildman–Crippen MR) is 84.3 cm³/mol. The fourth-order valence-electron chi connectivity index (χ4n) is 1.68. The predicted octanol–water partition coefficient (Wildman–Crippen LogP) is 2.22. The van der Waals surface area contributed by atoms with Gasteiger partial charge in [-0.15, -0.1) is 0 Å². The van der Waals surface area contributed by atoms with Gasteiger partial charge in [0.2, 0.25) is 5.91 Å². The van der Waals surface area contributed by atoms with E-state index >= 15 is 0 Å². The highest BCUT2D eigenvalue weighted by Gasteiger charge is 2.02. The van der Waals surface area contributed by atoms with E-state index in [2.05, 4.69) is 19.2 Å². The van der Waals surface area contributed by atoms with E-state index in [4.69, 9.17) is 15.2 Å². The highest BCUT2D eigenvalue weighted by Crippen LogP contribution is 2.14. The Morgan fingerprint density at radius 1 is 1.33 bits per heavy atom. The standard InChI is InChI=1S/C16H26N2O3/c1-13(2)12-20-9-4-8-18-16(19)7-10-21-15-6-3-5-14(17)11-15/h3,5-6,11,13H,4,7-10,12,17H2,1-2H3,(H,18,19). The van der Waals surface area contributed by atoms with Crippen LogP contribution in [0, 0.1) is 5.92 Å². The van der Waals surface area contributed by atoms with Crippen LogP contribution in [-0.2, 0) is 9.53 Å². The zero-order chi connectivity index (χ0) is 15.5. The number of carbonyl (C=O) groups is 1. The second-order valence-corrected chi connectivity index (χ2v) is 5.34. The largest absolute Gasteiger partial charge is 0.493 e. The minimum Gasteiger partial charge on any atom is -0.493 e. The van der Waals surface area contributed by atoms with Gasteiger partial charge >= 0.3 is 0 Å². The first-order chi connectivity index (χ1) is 10.1. The van der Waals surface area contributed by atoms with Crippen molar-refractivity contribution in [3.63, 3.8) is 0 Å². The van der Waals surface area contributed by atoms with E-state index < -0.39 is 0 Å². The summed E-state index contributed by atoms with van der Waals surface area (Å²) in [6.07, 6.45) is 1.16. The van der Waals surface area contributed by atoms with Crippen LogP contribution in [0.2, 0.25) is 0 Å². The highest BCUT2D eigenvalue weighted by molar-refractivity contribution is 5.75. The molecule has 1 amide bonds. The van der Waals surface area contributed by atoms with Gasteiger partial charge in [0, 0.05) is 31.5 Å². The molecular weight excluding hydrogens is 268 g/mol. The van der Waals surface area contributed by atoms with Crippen LogP contribution in [0.25, 0.3) is 0 Å². The van der Waals surface area contributed by atoms with Gasteiger partial charge in [0.05, 0.1) is 13.0 Å². The van der Waals surface area contributed by atoms with Gasteiger partial charge in [-0.25, -0.2) is 0 Å². The topological polar surface area (TPSA) is 73.6 Å². The molecule has 5 heteroatoms. The third-order valence-electron chi connectivity index (χ3n) is 2.69. The van der Waals surface area contributed by atoms with Crippen molar-refractivity contribution in [1.82, 2.24) is 5.32 Å². The normalized spacial score (nSPS) is 10.6. The van der Waals surface area contributed by atoms with E-state index in [1.165, 1.54) is 0 Å². The number of rotatable bonds is 10. The minimum absolute atomic E-state index is 0.0113. The molecule has 1 aromatic rings. The van der Waals surface area contributed by atoms with Crippen LogP contribution in [0.1, 0.15) is 26.7 Å². The van der Waals surface area contributed by atoms with Crippen molar-refractivity contribution in [2.75, 3.05) is 32.1 Å². The summed E-state index contributed by atoms with van der Waals surface area (Å²) in [7, 11) is 0. The van der Waals surface area contributed by atoms with Gasteiger partial charge in [0.25, 0.3) is 0 Å². The maximum absolute atomic E-state index is 11.6. The second kappa shape index (κ2) is 10.0. The van der Waals surface area contributed by atoms with E-state index in [-0.39, 0.29) is 5.91 Å². The van der Waals surface area contributed by atoms with Gasteiger partial charge in [-0.1, -0.05) is 19.9 Å². The zero-order valence-corrected chi connectivity index (χ0v) is 12.9. The van der Waals surface area contributed by atoms with Crippen molar-refractivity contribution in [2.45, 2.75) is 26.7 Å². The van der Waals surface area contributed by atoms with Gasteiger partial charge in [0.1, 0.15) is 5.75 Å². The zero-order valence-electron chi connectivity index (χ0n) is 12.9. The number of nitrogen functional groups attached to an aromatic ring is 1. The van der Waals surface area contributed by atoms with Crippen molar-refractivity contribution < 1.29 is 14.3 Å². The van der Waals surface area contributed by atoms with Gasteiger partial charge in [-0.05, 0) is 24.5 Å². The van der Waals surface area contributed by atoms with Crippen LogP contribution >= 0.6 is 0 Å². The van der Waals surface area contributed by atoms with Crippen molar-refractivity contribution in [1.29, 1.82) is 0 Å². The van der Waals surface area contributed by atoms with Crippen LogP contribution in [-0.4, -0.2) is 32.3 Å². The molecular formula is C16H26N2O3. The molecule has 0 radical (unpaired) electrons. The number of carbonyl (C=O) groups excluding carboxylic acids is 1. The van der Waals surface area contributed by atoms with Crippen molar-refractivity contribution >= 4 is 11.6 Å². The maximum Gasteiger partial charge on any atom is 0.223 e. The first kappa shape index (κ1) is 17.3. The Labute approximate surface area is 126 Å². The molecule has 0 aromatic heterocycles. The fourth-order valence-corrected chi connectivity index (χ4v) is 1.68. The molecule has 1 rings (SSSR count). The van der Waals surface area contributed by atoms with Gasteiger partial charge in [0.15, 0.2) is 0 Å². The SMILES string of the molecule is CC(C)COCCCNC(=O)CCOc1cccc(N)c1. The lowest BCUT2D eigenvalue weighted by molar-refractivity contribution is -0.121. The number of anilines is 1. The summed E-state index contributed by atoms with van der Waals surface area (Å²) in [5.41, 5.74) is 6.29. The number of hydrogen-bond acceptors (Lipinski definition) is 4. The minimum atomic E-state index is -0.0113. The molecule has 3 N–H and O–H groups in total. The summed E-state index contributed by atoms with van der Waals surface area (Å²) in [6.45, 7) is 6.65. The number of hydrogen-bond donors (Lipinski definition) is 2. The molecule has 0 heterocycles. The number of benzene rings is 1. The summed E-state index contributed by atoms with van der Waals surface area (Å²) in [5, 5.41) is 2.84. The number of amides is 1. The van der Waals surface area contributed by atoms with E-state index in [1.54, 1.807) is 12.1 Å². The molecule has 21 heavy (non-hydrogen) atoms. The van der Waals surface area contributed by atoms with E-state index in [1.807, 2.05) is 12.1 Å². The lowest BCUT2D eigenvalue weighted by Gasteiger charge is -2.09. The molecule has 0 saturated carbocycles. The summed E-state index contributed by atoms with van der Waals surface area (Å²) in [4.78, 5) is 11.6. The molecule has 118 valence electrons.